The fourth-order valence-electron chi connectivity index (χ4n) is 2.94. The maximum Gasteiger partial charge on any atom is 0.227 e. The molecule has 0 aliphatic heterocycles. The number of hydrogen-bond acceptors (Lipinski definition) is 1. The van der Waals surface area contributed by atoms with E-state index >= 15 is 0 Å². The number of carbonyl (C=O) groups is 1. The predicted molar refractivity (Wildman–Crippen MR) is 104 cm³/mol. The van der Waals surface area contributed by atoms with Gasteiger partial charge in [0.25, 0.3) is 0 Å². The fraction of sp³-hybridized carbons (Fsp3) is 0.650. The zero-order chi connectivity index (χ0) is 17.6. The highest BCUT2D eigenvalue weighted by Crippen LogP contribution is 2.30. The molecule has 1 rings (SSSR count). The van der Waals surface area contributed by atoms with Crippen molar-refractivity contribution in [3.05, 3.63) is 28.2 Å². The molecule has 0 saturated carbocycles. The quantitative estimate of drug-likeness (QED) is 0.527. The van der Waals surface area contributed by atoms with Crippen molar-refractivity contribution in [1.29, 1.82) is 0 Å². The van der Waals surface area contributed by atoms with Crippen LogP contribution >= 0.6 is 15.9 Å². The van der Waals surface area contributed by atoms with E-state index in [0.29, 0.717) is 12.5 Å². The van der Waals surface area contributed by atoms with Crippen molar-refractivity contribution in [2.45, 2.75) is 79.7 Å². The summed E-state index contributed by atoms with van der Waals surface area (Å²) >= 11 is 3.56. The number of anilines is 1. The van der Waals surface area contributed by atoms with Crippen molar-refractivity contribution < 1.29 is 4.79 Å². The van der Waals surface area contributed by atoms with E-state index < -0.39 is 0 Å². The molecular weight excluding hydrogens is 350 g/mol. The van der Waals surface area contributed by atoms with Crippen LogP contribution in [0.5, 0.6) is 0 Å². The Hall–Kier alpha value is -0.830. The lowest BCUT2D eigenvalue weighted by atomic mass is 9.90. The lowest BCUT2D eigenvalue weighted by molar-refractivity contribution is -0.120. The highest BCUT2D eigenvalue weighted by Gasteiger charge is 2.27. The van der Waals surface area contributed by atoms with Crippen molar-refractivity contribution in [2.75, 3.05) is 4.90 Å². The third kappa shape index (κ3) is 6.29. The van der Waals surface area contributed by atoms with Crippen LogP contribution in [0.3, 0.4) is 0 Å². The van der Waals surface area contributed by atoms with E-state index in [1.54, 1.807) is 0 Å². The van der Waals surface area contributed by atoms with Gasteiger partial charge in [-0.1, -0.05) is 63.4 Å². The Balaban J connectivity index is 3.22. The normalized spacial score (nSPS) is 11.8. The van der Waals surface area contributed by atoms with Crippen molar-refractivity contribution in [2.24, 2.45) is 5.41 Å². The number of aryl methyl sites for hydroxylation is 1. The van der Waals surface area contributed by atoms with E-state index in [9.17, 15) is 4.79 Å². The van der Waals surface area contributed by atoms with Gasteiger partial charge < -0.3 is 4.90 Å². The van der Waals surface area contributed by atoms with Gasteiger partial charge in [-0.15, -0.1) is 0 Å². The van der Waals surface area contributed by atoms with Gasteiger partial charge in [-0.05, 0) is 48.9 Å². The van der Waals surface area contributed by atoms with E-state index in [4.69, 9.17) is 0 Å². The zero-order valence-electron chi connectivity index (χ0n) is 15.6. The number of rotatable bonds is 7. The largest absolute Gasteiger partial charge is 0.309 e. The molecular formula is C20H32BrNO. The summed E-state index contributed by atoms with van der Waals surface area (Å²) in [6.07, 6.45) is 4.88. The van der Waals surface area contributed by atoms with Crippen LogP contribution < -0.4 is 4.90 Å². The van der Waals surface area contributed by atoms with Gasteiger partial charge in [-0.25, -0.2) is 0 Å². The summed E-state index contributed by atoms with van der Waals surface area (Å²) < 4.78 is 1.09. The lowest BCUT2D eigenvalue weighted by Gasteiger charge is -2.34. The maximum absolute atomic E-state index is 13.1. The topological polar surface area (TPSA) is 20.3 Å². The van der Waals surface area contributed by atoms with Gasteiger partial charge in [0.05, 0.1) is 0 Å². The smallest absolute Gasteiger partial charge is 0.227 e. The molecule has 0 atom stereocenters. The molecule has 0 heterocycles. The molecule has 1 aromatic carbocycles. The van der Waals surface area contributed by atoms with Gasteiger partial charge in [-0.3, -0.25) is 4.79 Å². The number of benzene rings is 1. The molecule has 23 heavy (non-hydrogen) atoms. The highest BCUT2D eigenvalue weighted by atomic mass is 79.9. The number of carbonyl (C=O) groups excluding carboxylic acids is 1. The molecule has 0 unspecified atom stereocenters. The van der Waals surface area contributed by atoms with Gasteiger partial charge in [0.15, 0.2) is 0 Å². The van der Waals surface area contributed by atoms with Crippen molar-refractivity contribution >= 4 is 27.5 Å². The second-order valence-corrected chi connectivity index (χ2v) is 8.52. The molecule has 0 saturated heterocycles. The van der Waals surface area contributed by atoms with Crippen LogP contribution in [-0.2, 0) is 4.79 Å². The first-order valence-corrected chi connectivity index (χ1v) is 9.57. The lowest BCUT2D eigenvalue weighted by Crippen LogP contribution is -2.42. The van der Waals surface area contributed by atoms with Crippen molar-refractivity contribution in [3.63, 3.8) is 0 Å². The SMILES string of the molecule is CCCC(CCC)N(C(=O)CC(C)(C)C)c1ccc(Br)c(C)c1. The summed E-state index contributed by atoms with van der Waals surface area (Å²) in [6, 6.07) is 6.54. The van der Waals surface area contributed by atoms with Gasteiger partial charge in [-0.2, -0.15) is 0 Å². The fourth-order valence-corrected chi connectivity index (χ4v) is 3.19. The van der Waals surface area contributed by atoms with Crippen LogP contribution in [0, 0.1) is 12.3 Å². The highest BCUT2D eigenvalue weighted by molar-refractivity contribution is 9.10. The summed E-state index contributed by atoms with van der Waals surface area (Å²) in [4.78, 5) is 15.1. The minimum Gasteiger partial charge on any atom is -0.309 e. The summed E-state index contributed by atoms with van der Waals surface area (Å²) in [6.45, 7) is 12.9. The van der Waals surface area contributed by atoms with Crippen molar-refractivity contribution in [3.8, 4) is 0 Å². The molecule has 0 aromatic heterocycles. The van der Waals surface area contributed by atoms with Gasteiger partial charge in [0.1, 0.15) is 0 Å². The Morgan fingerprint density at radius 2 is 1.74 bits per heavy atom. The van der Waals surface area contributed by atoms with Crippen LogP contribution in [0.25, 0.3) is 0 Å². The van der Waals surface area contributed by atoms with Crippen LogP contribution in [0.1, 0.15) is 72.3 Å². The monoisotopic (exact) mass is 381 g/mol. The van der Waals surface area contributed by atoms with E-state index in [0.717, 1.165) is 35.8 Å². The minimum absolute atomic E-state index is 0.00270. The molecule has 2 nitrogen and oxygen atoms in total. The molecule has 1 amide bonds. The second kappa shape index (κ2) is 8.86. The average Bonchev–Trinajstić information content (AvgIpc) is 2.41. The second-order valence-electron chi connectivity index (χ2n) is 7.67. The van der Waals surface area contributed by atoms with E-state index in [2.05, 4.69) is 80.6 Å². The molecule has 130 valence electrons. The average molecular weight is 382 g/mol. The molecule has 0 aliphatic carbocycles. The van der Waals surface area contributed by atoms with E-state index in [1.165, 1.54) is 5.56 Å². The molecule has 0 N–H and O–H groups in total. The Morgan fingerprint density at radius 3 is 2.17 bits per heavy atom. The zero-order valence-corrected chi connectivity index (χ0v) is 17.2. The summed E-state index contributed by atoms with van der Waals surface area (Å²) in [5.41, 5.74) is 2.21. The number of halogens is 1. The number of hydrogen-bond donors (Lipinski definition) is 0. The third-order valence-corrected chi connectivity index (χ3v) is 4.87. The predicted octanol–water partition coefficient (Wildman–Crippen LogP) is 6.50. The van der Waals surface area contributed by atoms with Gasteiger partial charge in [0.2, 0.25) is 5.91 Å². The van der Waals surface area contributed by atoms with Crippen LogP contribution in [0.4, 0.5) is 5.69 Å². The van der Waals surface area contributed by atoms with Crippen LogP contribution in [0.15, 0.2) is 22.7 Å². The molecule has 3 heteroatoms. The standard InChI is InChI=1S/C20H32BrNO/c1-7-9-16(10-8-2)22(19(23)14-20(4,5)6)17-11-12-18(21)15(3)13-17/h11-13,16H,7-10,14H2,1-6H3. The first-order chi connectivity index (χ1) is 10.7. The van der Waals surface area contributed by atoms with Crippen LogP contribution in [0.2, 0.25) is 0 Å². The Kier molecular flexibility index (Phi) is 7.79. The van der Waals surface area contributed by atoms with E-state index in [1.807, 2.05) is 0 Å². The maximum atomic E-state index is 13.1. The summed E-state index contributed by atoms with van der Waals surface area (Å²) in [5, 5.41) is 0. The Bertz CT molecular complexity index is 513. The van der Waals surface area contributed by atoms with Crippen molar-refractivity contribution in [1.82, 2.24) is 0 Å². The van der Waals surface area contributed by atoms with Gasteiger partial charge in [0, 0.05) is 22.6 Å². The Labute approximate surface area is 150 Å². The molecule has 1 aromatic rings. The van der Waals surface area contributed by atoms with Crippen LogP contribution in [-0.4, -0.2) is 11.9 Å². The summed E-state index contributed by atoms with van der Waals surface area (Å²) in [7, 11) is 0. The molecule has 0 radical (unpaired) electrons. The third-order valence-electron chi connectivity index (χ3n) is 3.98. The number of nitrogens with zero attached hydrogens (tertiary/aromatic N) is 1. The molecule has 0 bridgehead atoms. The first kappa shape index (κ1) is 20.2. The molecule has 0 aliphatic rings. The Morgan fingerprint density at radius 1 is 1.17 bits per heavy atom. The van der Waals surface area contributed by atoms with Gasteiger partial charge >= 0.3 is 0 Å². The summed E-state index contributed by atoms with van der Waals surface area (Å²) in [5.74, 6) is 0.242. The minimum atomic E-state index is 0.00270. The first-order valence-electron chi connectivity index (χ1n) is 8.77. The molecule has 0 fully saturated rings. The number of amides is 1. The van der Waals surface area contributed by atoms with E-state index in [-0.39, 0.29) is 11.3 Å². The molecule has 0 spiro atoms.